The third-order valence-electron chi connectivity index (χ3n) is 1.45. The van der Waals surface area contributed by atoms with Gasteiger partial charge in [0.2, 0.25) is 5.88 Å². The van der Waals surface area contributed by atoms with E-state index in [1.165, 1.54) is 0 Å². The van der Waals surface area contributed by atoms with E-state index in [4.69, 9.17) is 16.3 Å². The number of ether oxygens (including phenoxy) is 1. The van der Waals surface area contributed by atoms with Crippen LogP contribution in [0, 0.1) is 0 Å². The molecular weight excluding hydrogens is 220 g/mol. The van der Waals surface area contributed by atoms with Crippen molar-refractivity contribution in [2.75, 3.05) is 12.4 Å². The van der Waals surface area contributed by atoms with Crippen LogP contribution in [0.25, 0.3) is 0 Å². The average Bonchev–Trinajstić information content (AvgIpc) is 2.14. The fraction of sp³-hybridized carbons (Fsp3) is 0.556. The van der Waals surface area contributed by atoms with Crippen LogP contribution in [0.3, 0.4) is 0 Å². The highest BCUT2D eigenvalue weighted by atomic mass is 35.5. The molecule has 0 N–H and O–H groups in total. The van der Waals surface area contributed by atoms with Gasteiger partial charge in [-0.2, -0.15) is 16.7 Å². The molecule has 1 aromatic heterocycles. The number of nitrogens with zero attached hydrogens (tertiary/aromatic N) is 2. The second-order valence-corrected chi connectivity index (χ2v) is 4.18. The Kier molecular flexibility index (Phi) is 5.04. The molecular formula is C9H13ClN2OS. The molecule has 3 nitrogen and oxygen atoms in total. The van der Waals surface area contributed by atoms with Gasteiger partial charge >= 0.3 is 0 Å². The van der Waals surface area contributed by atoms with Crippen LogP contribution in [0.4, 0.5) is 0 Å². The standard InChI is InChI=1S/C9H13ClN2OS/c1-3-13-9-5-7(10)11-8(12-9)6-14-4-2/h5H,3-4,6H2,1-2H3. The minimum absolute atomic E-state index is 0.440. The third-order valence-corrected chi connectivity index (χ3v) is 2.51. The molecule has 0 radical (unpaired) electrons. The summed E-state index contributed by atoms with van der Waals surface area (Å²) in [4.78, 5) is 8.33. The quantitative estimate of drug-likeness (QED) is 0.732. The van der Waals surface area contributed by atoms with E-state index in [-0.39, 0.29) is 0 Å². The van der Waals surface area contributed by atoms with Gasteiger partial charge in [0.1, 0.15) is 11.0 Å². The van der Waals surface area contributed by atoms with Crippen LogP contribution in [-0.2, 0) is 5.75 Å². The van der Waals surface area contributed by atoms with Crippen LogP contribution in [0.5, 0.6) is 5.88 Å². The Morgan fingerprint density at radius 3 is 2.86 bits per heavy atom. The first-order chi connectivity index (χ1) is 6.76. The van der Waals surface area contributed by atoms with E-state index in [1.807, 2.05) is 6.92 Å². The van der Waals surface area contributed by atoms with Crippen molar-refractivity contribution in [1.29, 1.82) is 0 Å². The average molecular weight is 233 g/mol. The SMILES string of the molecule is CCOc1cc(Cl)nc(CSCC)n1. The van der Waals surface area contributed by atoms with Gasteiger partial charge in [0.05, 0.1) is 12.4 Å². The first-order valence-electron chi connectivity index (χ1n) is 4.50. The molecule has 1 rings (SSSR count). The highest BCUT2D eigenvalue weighted by Crippen LogP contribution is 2.16. The zero-order valence-electron chi connectivity index (χ0n) is 8.29. The summed E-state index contributed by atoms with van der Waals surface area (Å²) in [6, 6.07) is 1.63. The largest absolute Gasteiger partial charge is 0.478 e. The maximum absolute atomic E-state index is 5.82. The molecule has 0 spiro atoms. The Morgan fingerprint density at radius 1 is 1.43 bits per heavy atom. The molecule has 14 heavy (non-hydrogen) atoms. The van der Waals surface area contributed by atoms with Gasteiger partial charge in [0.15, 0.2) is 0 Å². The predicted molar refractivity (Wildman–Crippen MR) is 60.0 cm³/mol. The van der Waals surface area contributed by atoms with Crippen LogP contribution in [0.15, 0.2) is 6.07 Å². The summed E-state index contributed by atoms with van der Waals surface area (Å²) in [5, 5.41) is 0.440. The van der Waals surface area contributed by atoms with Gasteiger partial charge in [-0.25, -0.2) is 4.98 Å². The number of aromatic nitrogens is 2. The molecule has 0 aliphatic heterocycles. The number of rotatable bonds is 5. The van der Waals surface area contributed by atoms with Crippen molar-refractivity contribution < 1.29 is 4.74 Å². The predicted octanol–water partition coefficient (Wildman–Crippen LogP) is 2.78. The lowest BCUT2D eigenvalue weighted by atomic mass is 10.6. The Labute approximate surface area is 93.2 Å². The lowest BCUT2D eigenvalue weighted by molar-refractivity contribution is 0.325. The van der Waals surface area contributed by atoms with E-state index in [0.29, 0.717) is 17.6 Å². The van der Waals surface area contributed by atoms with Gasteiger partial charge in [-0.05, 0) is 12.7 Å². The summed E-state index contributed by atoms with van der Waals surface area (Å²) in [5.41, 5.74) is 0. The molecule has 0 amide bonds. The molecule has 1 aromatic rings. The van der Waals surface area contributed by atoms with Gasteiger partial charge < -0.3 is 4.74 Å². The van der Waals surface area contributed by atoms with Gasteiger partial charge in [-0.3, -0.25) is 0 Å². The van der Waals surface area contributed by atoms with Crippen molar-refractivity contribution in [3.63, 3.8) is 0 Å². The van der Waals surface area contributed by atoms with E-state index in [0.717, 1.165) is 17.3 Å². The molecule has 0 atom stereocenters. The summed E-state index contributed by atoms with van der Waals surface area (Å²) >= 11 is 7.58. The molecule has 0 aromatic carbocycles. The van der Waals surface area contributed by atoms with Crippen LogP contribution >= 0.6 is 23.4 Å². The molecule has 0 saturated heterocycles. The first-order valence-corrected chi connectivity index (χ1v) is 6.03. The Morgan fingerprint density at radius 2 is 2.21 bits per heavy atom. The Bertz CT molecular complexity index is 296. The molecule has 0 unspecified atom stereocenters. The molecule has 1 heterocycles. The van der Waals surface area contributed by atoms with Crippen LogP contribution in [0.1, 0.15) is 19.7 Å². The fourth-order valence-corrected chi connectivity index (χ4v) is 1.63. The minimum Gasteiger partial charge on any atom is -0.478 e. The van der Waals surface area contributed by atoms with Gasteiger partial charge in [0, 0.05) is 6.07 Å². The lowest BCUT2D eigenvalue weighted by Gasteiger charge is -2.04. The highest BCUT2D eigenvalue weighted by molar-refractivity contribution is 7.98. The van der Waals surface area contributed by atoms with Crippen LogP contribution in [0.2, 0.25) is 5.15 Å². The monoisotopic (exact) mass is 232 g/mol. The molecule has 5 heteroatoms. The Hall–Kier alpha value is -0.480. The lowest BCUT2D eigenvalue weighted by Crippen LogP contribution is -1.99. The van der Waals surface area contributed by atoms with E-state index in [9.17, 15) is 0 Å². The Balaban J connectivity index is 2.73. The van der Waals surface area contributed by atoms with Crippen molar-refractivity contribution in [1.82, 2.24) is 9.97 Å². The molecule has 0 fully saturated rings. The summed E-state index contributed by atoms with van der Waals surface area (Å²) < 4.78 is 5.26. The van der Waals surface area contributed by atoms with Crippen molar-refractivity contribution in [3.05, 3.63) is 17.0 Å². The summed E-state index contributed by atoms with van der Waals surface area (Å²) in [7, 11) is 0. The smallest absolute Gasteiger partial charge is 0.218 e. The molecule has 0 aliphatic carbocycles. The fourth-order valence-electron chi connectivity index (χ4n) is 0.922. The zero-order chi connectivity index (χ0) is 10.4. The topological polar surface area (TPSA) is 35.0 Å². The summed E-state index contributed by atoms with van der Waals surface area (Å²) in [5.74, 6) is 3.10. The van der Waals surface area contributed by atoms with Crippen LogP contribution < -0.4 is 4.74 Å². The van der Waals surface area contributed by atoms with Gasteiger partial charge in [0.25, 0.3) is 0 Å². The normalized spacial score (nSPS) is 10.2. The number of halogens is 1. The van der Waals surface area contributed by atoms with E-state index < -0.39 is 0 Å². The maximum Gasteiger partial charge on any atom is 0.218 e. The second-order valence-electron chi connectivity index (χ2n) is 2.52. The van der Waals surface area contributed by atoms with E-state index in [2.05, 4.69) is 16.9 Å². The van der Waals surface area contributed by atoms with Gasteiger partial charge in [-0.15, -0.1) is 0 Å². The summed E-state index contributed by atoms with van der Waals surface area (Å²) in [6.45, 7) is 4.60. The maximum atomic E-state index is 5.82. The summed E-state index contributed by atoms with van der Waals surface area (Å²) in [6.07, 6.45) is 0. The van der Waals surface area contributed by atoms with Gasteiger partial charge in [-0.1, -0.05) is 18.5 Å². The molecule has 0 aliphatic rings. The van der Waals surface area contributed by atoms with Crippen molar-refractivity contribution in [3.8, 4) is 5.88 Å². The third kappa shape index (κ3) is 3.72. The molecule has 78 valence electrons. The number of hydrogen-bond donors (Lipinski definition) is 0. The van der Waals surface area contributed by atoms with Crippen LogP contribution in [-0.4, -0.2) is 22.3 Å². The second kappa shape index (κ2) is 6.09. The van der Waals surface area contributed by atoms with Crippen molar-refractivity contribution >= 4 is 23.4 Å². The molecule has 0 bridgehead atoms. The van der Waals surface area contributed by atoms with Crippen molar-refractivity contribution in [2.45, 2.75) is 19.6 Å². The minimum atomic E-state index is 0.440. The van der Waals surface area contributed by atoms with E-state index >= 15 is 0 Å². The number of thioether (sulfide) groups is 1. The highest BCUT2D eigenvalue weighted by Gasteiger charge is 2.03. The zero-order valence-corrected chi connectivity index (χ0v) is 9.86. The van der Waals surface area contributed by atoms with E-state index in [1.54, 1.807) is 17.8 Å². The number of hydrogen-bond acceptors (Lipinski definition) is 4. The first kappa shape index (κ1) is 11.6. The van der Waals surface area contributed by atoms with Crippen molar-refractivity contribution in [2.24, 2.45) is 0 Å². The molecule has 0 saturated carbocycles.